The first kappa shape index (κ1) is 25.7. The zero-order valence-electron chi connectivity index (χ0n) is 22.0. The fraction of sp³-hybridized carbons (Fsp3) is 0.467. The summed E-state index contributed by atoms with van der Waals surface area (Å²) in [5, 5.41) is 11.5. The van der Waals surface area contributed by atoms with E-state index >= 15 is 0 Å². The summed E-state index contributed by atoms with van der Waals surface area (Å²) in [4.78, 5) is 28.0. The van der Waals surface area contributed by atoms with Gasteiger partial charge >= 0.3 is 0 Å². The molecule has 4 heteroatoms. The molecular formula is C30H39NO3. The van der Waals surface area contributed by atoms with Crippen molar-refractivity contribution < 1.29 is 14.7 Å². The van der Waals surface area contributed by atoms with E-state index in [1.54, 1.807) is 4.90 Å². The molecule has 34 heavy (non-hydrogen) atoms. The molecule has 0 radical (unpaired) electrons. The highest BCUT2D eigenvalue weighted by Gasteiger charge is 2.46. The summed E-state index contributed by atoms with van der Waals surface area (Å²) in [5.41, 5.74) is 4.62. The number of unbranched alkanes of at least 4 members (excludes halogenated alkanes) is 1. The predicted octanol–water partition coefficient (Wildman–Crippen LogP) is 6.81. The minimum absolute atomic E-state index is 0.00689. The van der Waals surface area contributed by atoms with Crippen LogP contribution < -0.4 is 0 Å². The minimum atomic E-state index is -0.612. The Kier molecular flexibility index (Phi) is 7.12. The highest BCUT2D eigenvalue weighted by Crippen LogP contribution is 2.41. The largest absolute Gasteiger partial charge is 0.507 e. The van der Waals surface area contributed by atoms with Crippen LogP contribution >= 0.6 is 0 Å². The van der Waals surface area contributed by atoms with Crippen molar-refractivity contribution in [3.63, 3.8) is 0 Å². The van der Waals surface area contributed by atoms with Crippen LogP contribution in [0.3, 0.4) is 0 Å². The lowest BCUT2D eigenvalue weighted by molar-refractivity contribution is -0.139. The van der Waals surface area contributed by atoms with Crippen LogP contribution in [-0.4, -0.2) is 28.2 Å². The lowest BCUT2D eigenvalue weighted by Crippen LogP contribution is -2.30. The molecule has 0 aromatic heterocycles. The van der Waals surface area contributed by atoms with E-state index in [0.717, 1.165) is 29.5 Å². The smallest absolute Gasteiger partial charge is 0.295 e. The molecule has 1 N–H and O–H groups in total. The fourth-order valence-corrected chi connectivity index (χ4v) is 4.44. The quantitative estimate of drug-likeness (QED) is 0.302. The van der Waals surface area contributed by atoms with Gasteiger partial charge in [-0.2, -0.15) is 0 Å². The third-order valence-electron chi connectivity index (χ3n) is 6.74. The third-order valence-corrected chi connectivity index (χ3v) is 6.74. The van der Waals surface area contributed by atoms with Crippen LogP contribution in [0.1, 0.15) is 95.2 Å². The molecule has 182 valence electrons. The van der Waals surface area contributed by atoms with E-state index in [9.17, 15) is 14.7 Å². The van der Waals surface area contributed by atoms with E-state index < -0.39 is 17.7 Å². The molecule has 1 saturated heterocycles. The van der Waals surface area contributed by atoms with Gasteiger partial charge in [0, 0.05) is 12.1 Å². The normalized spacial score (nSPS) is 18.6. The summed E-state index contributed by atoms with van der Waals surface area (Å²) >= 11 is 0. The molecule has 1 fully saturated rings. The Morgan fingerprint density at radius 1 is 0.912 bits per heavy atom. The van der Waals surface area contributed by atoms with Crippen molar-refractivity contribution in [3.8, 4) is 0 Å². The van der Waals surface area contributed by atoms with E-state index in [4.69, 9.17) is 0 Å². The maximum absolute atomic E-state index is 13.3. The Morgan fingerprint density at radius 3 is 2.00 bits per heavy atom. The van der Waals surface area contributed by atoms with Crippen LogP contribution in [0.25, 0.3) is 5.76 Å². The summed E-state index contributed by atoms with van der Waals surface area (Å²) in [6.07, 6.45) is 1.70. The summed E-state index contributed by atoms with van der Waals surface area (Å²) < 4.78 is 0. The number of amides is 1. The molecule has 1 unspecified atom stereocenters. The van der Waals surface area contributed by atoms with Gasteiger partial charge in [-0.15, -0.1) is 0 Å². The van der Waals surface area contributed by atoms with Gasteiger partial charge in [-0.1, -0.05) is 91.3 Å². The monoisotopic (exact) mass is 461 g/mol. The first-order valence-corrected chi connectivity index (χ1v) is 12.3. The number of likely N-dealkylation sites (tertiary alicyclic amines) is 1. The molecule has 1 aliphatic rings. The standard InChI is InChI=1S/C30H39NO3/c1-9-10-17-31-25(20-12-15-21(16-13-20)29(3,4)5)24(27(33)28(31)34)26(32)23-18-22(30(6,7)8)14-11-19(23)2/h11-16,18,25,32H,9-10,17H2,1-8H3/b26-24+. The number of carbonyl (C=O) groups excluding carboxylic acids is 2. The van der Waals surface area contributed by atoms with Crippen LogP contribution in [-0.2, 0) is 20.4 Å². The highest BCUT2D eigenvalue weighted by molar-refractivity contribution is 6.46. The summed E-state index contributed by atoms with van der Waals surface area (Å²) in [7, 11) is 0. The van der Waals surface area contributed by atoms with Crippen LogP contribution in [0.5, 0.6) is 0 Å². The van der Waals surface area contributed by atoms with Gasteiger partial charge in [-0.05, 0) is 52.5 Å². The van der Waals surface area contributed by atoms with Gasteiger partial charge in [0.25, 0.3) is 11.7 Å². The molecule has 0 aliphatic carbocycles. The number of hydrogen-bond acceptors (Lipinski definition) is 3. The zero-order chi connectivity index (χ0) is 25.4. The van der Waals surface area contributed by atoms with Crippen LogP contribution in [0.2, 0.25) is 0 Å². The Balaban J connectivity index is 2.21. The van der Waals surface area contributed by atoms with Gasteiger partial charge in [0.1, 0.15) is 5.76 Å². The van der Waals surface area contributed by atoms with Gasteiger partial charge in [0.2, 0.25) is 0 Å². The van der Waals surface area contributed by atoms with Crippen LogP contribution in [0, 0.1) is 6.92 Å². The number of ketones is 1. The molecular weight excluding hydrogens is 422 g/mol. The maximum Gasteiger partial charge on any atom is 0.295 e. The number of Topliss-reactive ketones (excluding diaryl/α,β-unsaturated/α-hetero) is 1. The lowest BCUT2D eigenvalue weighted by Gasteiger charge is -2.27. The average molecular weight is 462 g/mol. The second kappa shape index (κ2) is 9.40. The molecule has 0 bridgehead atoms. The second-order valence-corrected chi connectivity index (χ2v) is 11.5. The van der Waals surface area contributed by atoms with E-state index in [-0.39, 0.29) is 22.2 Å². The molecule has 1 aliphatic heterocycles. The van der Waals surface area contributed by atoms with Crippen molar-refractivity contribution in [1.82, 2.24) is 4.90 Å². The molecule has 1 heterocycles. The summed E-state index contributed by atoms with van der Waals surface area (Å²) in [6, 6.07) is 13.5. The first-order chi connectivity index (χ1) is 15.8. The topological polar surface area (TPSA) is 57.6 Å². The maximum atomic E-state index is 13.3. The van der Waals surface area contributed by atoms with E-state index in [2.05, 4.69) is 66.7 Å². The van der Waals surface area contributed by atoms with Gasteiger partial charge < -0.3 is 10.0 Å². The minimum Gasteiger partial charge on any atom is -0.507 e. The lowest BCUT2D eigenvalue weighted by atomic mass is 9.84. The average Bonchev–Trinajstić information content (AvgIpc) is 3.01. The summed E-state index contributed by atoms with van der Waals surface area (Å²) in [6.45, 7) is 17.3. The number of aliphatic hydroxyl groups excluding tert-OH is 1. The Bertz CT molecular complexity index is 1110. The van der Waals surface area contributed by atoms with Crippen molar-refractivity contribution in [3.05, 3.63) is 75.9 Å². The fourth-order valence-electron chi connectivity index (χ4n) is 4.44. The molecule has 2 aromatic rings. The highest BCUT2D eigenvalue weighted by atomic mass is 16.3. The number of aliphatic hydroxyl groups is 1. The molecule has 1 amide bonds. The molecule has 0 spiro atoms. The molecule has 1 atom stereocenters. The number of carbonyl (C=O) groups is 2. The Hall–Kier alpha value is -2.88. The van der Waals surface area contributed by atoms with Crippen molar-refractivity contribution in [2.45, 2.75) is 85.1 Å². The summed E-state index contributed by atoms with van der Waals surface area (Å²) in [5.74, 6) is -1.24. The number of aryl methyl sites for hydroxylation is 1. The van der Waals surface area contributed by atoms with Crippen LogP contribution in [0.15, 0.2) is 48.0 Å². The van der Waals surface area contributed by atoms with Gasteiger partial charge in [-0.25, -0.2) is 0 Å². The molecule has 0 saturated carbocycles. The van der Waals surface area contributed by atoms with Gasteiger partial charge in [-0.3, -0.25) is 9.59 Å². The van der Waals surface area contributed by atoms with Crippen LogP contribution in [0.4, 0.5) is 0 Å². The SMILES string of the molecule is CCCCN1C(=O)C(=O)/C(=C(/O)c2cc(C(C)(C)C)ccc2C)C1c1ccc(C(C)(C)C)cc1. The van der Waals surface area contributed by atoms with E-state index in [1.807, 2.05) is 31.2 Å². The van der Waals surface area contributed by atoms with E-state index in [1.165, 1.54) is 5.56 Å². The van der Waals surface area contributed by atoms with Gasteiger partial charge in [0.05, 0.1) is 11.6 Å². The Morgan fingerprint density at radius 2 is 1.47 bits per heavy atom. The van der Waals surface area contributed by atoms with Crippen molar-refractivity contribution >= 4 is 17.4 Å². The predicted molar refractivity (Wildman–Crippen MR) is 139 cm³/mol. The number of rotatable bonds is 5. The van der Waals surface area contributed by atoms with Gasteiger partial charge in [0.15, 0.2) is 0 Å². The molecule has 3 rings (SSSR count). The zero-order valence-corrected chi connectivity index (χ0v) is 22.0. The molecule has 4 nitrogen and oxygen atoms in total. The van der Waals surface area contributed by atoms with Crippen molar-refractivity contribution in [2.75, 3.05) is 6.54 Å². The molecule has 2 aromatic carbocycles. The number of hydrogen-bond donors (Lipinski definition) is 1. The first-order valence-electron chi connectivity index (χ1n) is 12.3. The second-order valence-electron chi connectivity index (χ2n) is 11.5. The third kappa shape index (κ3) is 4.96. The van der Waals surface area contributed by atoms with Crippen molar-refractivity contribution in [1.29, 1.82) is 0 Å². The van der Waals surface area contributed by atoms with E-state index in [0.29, 0.717) is 12.1 Å². The Labute approximate surface area is 204 Å². The number of nitrogens with zero attached hydrogens (tertiary/aromatic N) is 1. The van der Waals surface area contributed by atoms with Crippen molar-refractivity contribution in [2.24, 2.45) is 0 Å². The number of benzene rings is 2.